The highest BCUT2D eigenvalue weighted by molar-refractivity contribution is 7.14. The van der Waals surface area contributed by atoms with Gasteiger partial charge in [-0.25, -0.2) is 4.98 Å². The molecule has 0 N–H and O–H groups in total. The molecular formula is C21H12Cl2N2O3S. The number of thiazole rings is 1. The van der Waals surface area contributed by atoms with Gasteiger partial charge >= 0.3 is 0 Å². The van der Waals surface area contributed by atoms with Gasteiger partial charge in [0.05, 0.1) is 22.7 Å². The number of aromatic nitrogens is 1. The Morgan fingerprint density at radius 3 is 2.62 bits per heavy atom. The molecule has 0 radical (unpaired) electrons. The fraction of sp³-hybridized carbons (Fsp3) is 0.0952. The predicted molar refractivity (Wildman–Crippen MR) is 114 cm³/mol. The molecule has 1 aliphatic heterocycles. The van der Waals surface area contributed by atoms with Gasteiger partial charge in [-0.15, -0.1) is 11.3 Å². The van der Waals surface area contributed by atoms with Crippen LogP contribution >= 0.6 is 34.5 Å². The Labute approximate surface area is 179 Å². The SMILES string of the molecule is Cc1csc(N2C(=O)c3oc4ccc(Cl)cc4c(=O)c3[C@@H]2c2cccc(Cl)c2)n1. The van der Waals surface area contributed by atoms with Crippen LogP contribution < -0.4 is 10.3 Å². The topological polar surface area (TPSA) is 63.4 Å². The van der Waals surface area contributed by atoms with E-state index < -0.39 is 11.9 Å². The average molecular weight is 443 g/mol. The minimum atomic E-state index is -0.693. The molecule has 8 heteroatoms. The highest BCUT2D eigenvalue weighted by atomic mass is 35.5. The minimum absolute atomic E-state index is 0.0163. The lowest BCUT2D eigenvalue weighted by atomic mass is 9.99. The number of carbonyl (C=O) groups excluding carboxylic acids is 1. The fourth-order valence-corrected chi connectivity index (χ4v) is 4.78. The van der Waals surface area contributed by atoms with Crippen LogP contribution in [-0.4, -0.2) is 10.9 Å². The number of amides is 1. The first-order valence-electron chi connectivity index (χ1n) is 8.71. The van der Waals surface area contributed by atoms with E-state index in [1.54, 1.807) is 36.4 Å². The molecule has 1 aliphatic rings. The van der Waals surface area contributed by atoms with Gasteiger partial charge < -0.3 is 4.42 Å². The van der Waals surface area contributed by atoms with Crippen molar-refractivity contribution in [1.29, 1.82) is 0 Å². The summed E-state index contributed by atoms with van der Waals surface area (Å²) < 4.78 is 5.89. The molecule has 0 fully saturated rings. The van der Waals surface area contributed by atoms with Crippen LogP contribution in [0.2, 0.25) is 10.0 Å². The zero-order valence-electron chi connectivity index (χ0n) is 15.0. The Bertz CT molecular complexity index is 1360. The van der Waals surface area contributed by atoms with Gasteiger partial charge in [-0.05, 0) is 42.8 Å². The number of rotatable bonds is 2. The van der Waals surface area contributed by atoms with Crippen molar-refractivity contribution in [3.8, 4) is 0 Å². The summed E-state index contributed by atoms with van der Waals surface area (Å²) in [5.41, 5.74) is 1.77. The molecule has 1 atom stereocenters. The Morgan fingerprint density at radius 2 is 1.90 bits per heavy atom. The maximum Gasteiger partial charge on any atom is 0.297 e. The smallest absolute Gasteiger partial charge is 0.297 e. The van der Waals surface area contributed by atoms with E-state index in [1.807, 2.05) is 18.4 Å². The van der Waals surface area contributed by atoms with Crippen molar-refractivity contribution in [3.05, 3.63) is 90.7 Å². The van der Waals surface area contributed by atoms with Crippen molar-refractivity contribution in [2.75, 3.05) is 4.90 Å². The number of halogens is 2. The molecule has 29 heavy (non-hydrogen) atoms. The zero-order valence-corrected chi connectivity index (χ0v) is 17.3. The first-order valence-corrected chi connectivity index (χ1v) is 10.3. The molecule has 2 aromatic heterocycles. The second-order valence-electron chi connectivity index (χ2n) is 6.72. The van der Waals surface area contributed by atoms with Gasteiger partial charge in [-0.3, -0.25) is 14.5 Å². The highest BCUT2D eigenvalue weighted by Gasteiger charge is 2.44. The molecule has 0 aliphatic carbocycles. The van der Waals surface area contributed by atoms with Gasteiger partial charge in [-0.1, -0.05) is 35.3 Å². The number of hydrogen-bond donors (Lipinski definition) is 0. The Morgan fingerprint density at radius 1 is 1.10 bits per heavy atom. The molecule has 0 saturated heterocycles. The highest BCUT2D eigenvalue weighted by Crippen LogP contribution is 2.42. The van der Waals surface area contributed by atoms with E-state index in [1.165, 1.54) is 16.2 Å². The third-order valence-electron chi connectivity index (χ3n) is 4.81. The van der Waals surface area contributed by atoms with Gasteiger partial charge in [0.25, 0.3) is 5.91 Å². The van der Waals surface area contributed by atoms with Crippen molar-refractivity contribution in [3.63, 3.8) is 0 Å². The van der Waals surface area contributed by atoms with Crippen molar-refractivity contribution < 1.29 is 9.21 Å². The first-order chi connectivity index (χ1) is 13.9. The van der Waals surface area contributed by atoms with Gasteiger partial charge in [0, 0.05) is 15.4 Å². The van der Waals surface area contributed by atoms with E-state index in [4.69, 9.17) is 27.6 Å². The molecule has 0 unspecified atom stereocenters. The lowest BCUT2D eigenvalue weighted by Crippen LogP contribution is -2.29. The molecule has 3 heterocycles. The summed E-state index contributed by atoms with van der Waals surface area (Å²) in [7, 11) is 0. The van der Waals surface area contributed by atoms with E-state index in [-0.39, 0.29) is 16.8 Å². The number of fused-ring (bicyclic) bond motifs is 2. The van der Waals surface area contributed by atoms with E-state index in [0.717, 1.165) is 5.69 Å². The summed E-state index contributed by atoms with van der Waals surface area (Å²) >= 11 is 13.6. The molecular weight excluding hydrogens is 431 g/mol. The number of nitrogens with zero attached hydrogens (tertiary/aromatic N) is 2. The molecule has 0 bridgehead atoms. The van der Waals surface area contributed by atoms with E-state index >= 15 is 0 Å². The molecule has 0 saturated carbocycles. The van der Waals surface area contributed by atoms with Crippen molar-refractivity contribution in [2.24, 2.45) is 0 Å². The summed E-state index contributed by atoms with van der Waals surface area (Å²) in [4.78, 5) is 32.7. The monoisotopic (exact) mass is 442 g/mol. The van der Waals surface area contributed by atoms with Gasteiger partial charge in [0.2, 0.25) is 5.76 Å². The third kappa shape index (κ3) is 2.87. The molecule has 1 amide bonds. The van der Waals surface area contributed by atoms with Crippen LogP contribution in [0.3, 0.4) is 0 Å². The largest absolute Gasteiger partial charge is 0.450 e. The number of hydrogen-bond acceptors (Lipinski definition) is 5. The normalized spacial score (nSPS) is 15.9. The zero-order chi connectivity index (χ0) is 20.3. The second-order valence-corrected chi connectivity index (χ2v) is 8.43. The molecule has 2 aromatic carbocycles. The summed E-state index contributed by atoms with van der Waals surface area (Å²) in [6.07, 6.45) is 0. The third-order valence-corrected chi connectivity index (χ3v) is 6.24. The Hall–Kier alpha value is -2.67. The number of anilines is 1. The summed E-state index contributed by atoms with van der Waals surface area (Å²) in [5.74, 6) is -0.393. The second kappa shape index (κ2) is 6.69. The Balaban J connectivity index is 1.84. The van der Waals surface area contributed by atoms with Crippen molar-refractivity contribution in [2.45, 2.75) is 13.0 Å². The molecule has 0 spiro atoms. The minimum Gasteiger partial charge on any atom is -0.450 e. The van der Waals surface area contributed by atoms with Crippen LogP contribution in [0, 0.1) is 6.92 Å². The molecule has 5 rings (SSSR count). The maximum absolute atomic E-state index is 13.4. The summed E-state index contributed by atoms with van der Waals surface area (Å²) in [6, 6.07) is 11.2. The fourth-order valence-electron chi connectivity index (χ4n) is 3.59. The lowest BCUT2D eigenvalue weighted by Gasteiger charge is -2.22. The van der Waals surface area contributed by atoms with Gasteiger partial charge in [0.1, 0.15) is 5.58 Å². The van der Waals surface area contributed by atoms with Crippen LogP contribution in [0.25, 0.3) is 11.0 Å². The van der Waals surface area contributed by atoms with Crippen LogP contribution in [0.1, 0.15) is 33.4 Å². The van der Waals surface area contributed by atoms with Crippen molar-refractivity contribution >= 4 is 56.5 Å². The molecule has 5 nitrogen and oxygen atoms in total. The van der Waals surface area contributed by atoms with Crippen LogP contribution in [0.5, 0.6) is 0 Å². The van der Waals surface area contributed by atoms with Gasteiger partial charge in [0.15, 0.2) is 10.6 Å². The maximum atomic E-state index is 13.4. The van der Waals surface area contributed by atoms with E-state index in [9.17, 15) is 9.59 Å². The summed E-state index contributed by atoms with van der Waals surface area (Å²) in [5, 5.41) is 3.60. The summed E-state index contributed by atoms with van der Waals surface area (Å²) in [6.45, 7) is 1.85. The van der Waals surface area contributed by atoms with Crippen LogP contribution in [0.4, 0.5) is 5.13 Å². The van der Waals surface area contributed by atoms with Crippen LogP contribution in [-0.2, 0) is 0 Å². The lowest BCUT2D eigenvalue weighted by molar-refractivity contribution is 0.0971. The van der Waals surface area contributed by atoms with Crippen LogP contribution in [0.15, 0.2) is 57.1 Å². The predicted octanol–water partition coefficient (Wildman–Crippen LogP) is 5.61. The first kappa shape index (κ1) is 18.4. The number of benzene rings is 2. The van der Waals surface area contributed by atoms with Crippen molar-refractivity contribution in [1.82, 2.24) is 4.98 Å². The number of aryl methyl sites for hydroxylation is 1. The average Bonchev–Trinajstić information content (AvgIpc) is 3.24. The van der Waals surface area contributed by atoms with E-state index in [2.05, 4.69) is 4.98 Å². The molecule has 144 valence electrons. The standard InChI is InChI=1S/C21H12Cl2N2O3S/c1-10-9-29-21(24-10)25-17(11-3-2-4-12(22)7-11)16-18(26)14-8-13(23)5-6-15(14)28-19(16)20(25)27/h2-9,17H,1H3/t17-/m0/s1. The number of carbonyl (C=O) groups is 1. The quantitative estimate of drug-likeness (QED) is 0.404. The van der Waals surface area contributed by atoms with E-state index in [0.29, 0.717) is 31.7 Å². The molecule has 4 aromatic rings. The Kier molecular flexibility index (Phi) is 4.24. The van der Waals surface area contributed by atoms with Gasteiger partial charge in [-0.2, -0.15) is 0 Å².